The van der Waals surface area contributed by atoms with E-state index in [1.165, 1.54) is 11.8 Å². The second-order valence-electron chi connectivity index (χ2n) is 4.98. The van der Waals surface area contributed by atoms with E-state index in [9.17, 15) is 19.2 Å². The smallest absolute Gasteiger partial charge is 0.327 e. The number of amides is 2. The first-order valence-corrected chi connectivity index (χ1v) is 7.74. The monoisotopic (exact) mass is 316 g/mol. The Morgan fingerprint density at radius 2 is 1.52 bits per heavy atom. The van der Waals surface area contributed by atoms with Crippen LogP contribution in [0, 0.1) is 0 Å². The number of aliphatic carboxylic acids is 2. The van der Waals surface area contributed by atoms with E-state index < -0.39 is 35.8 Å². The summed E-state index contributed by atoms with van der Waals surface area (Å²) in [6.07, 6.45) is 1.64. The van der Waals surface area contributed by atoms with Gasteiger partial charge in [-0.2, -0.15) is 0 Å². The predicted molar refractivity (Wildman–Crippen MR) is 72.6 cm³/mol. The standard InChI is InChI=1S/C12H16N2O6S/c15-9(13-4-2-1-3-7(13)11(17)18)10(16)14-6-21-5-8(14)12(19)20/h7-8H,1-6H2,(H,17,18)(H,19,20)/t7-,8?/m1/s1. The van der Waals surface area contributed by atoms with Crippen LogP contribution in [0.4, 0.5) is 0 Å². The van der Waals surface area contributed by atoms with Crippen LogP contribution >= 0.6 is 11.8 Å². The summed E-state index contributed by atoms with van der Waals surface area (Å²) in [4.78, 5) is 48.7. The number of likely N-dealkylation sites (tertiary alicyclic amines) is 1. The van der Waals surface area contributed by atoms with Gasteiger partial charge in [0.2, 0.25) is 0 Å². The lowest BCUT2D eigenvalue weighted by Gasteiger charge is -2.33. The summed E-state index contributed by atoms with van der Waals surface area (Å²) in [5.41, 5.74) is 0. The van der Waals surface area contributed by atoms with Crippen molar-refractivity contribution < 1.29 is 29.4 Å². The molecule has 1 unspecified atom stereocenters. The zero-order valence-electron chi connectivity index (χ0n) is 11.2. The van der Waals surface area contributed by atoms with Crippen molar-refractivity contribution in [3.63, 3.8) is 0 Å². The Labute approximate surface area is 125 Å². The van der Waals surface area contributed by atoms with Crippen molar-refractivity contribution in [2.24, 2.45) is 0 Å². The lowest BCUT2D eigenvalue weighted by atomic mass is 10.0. The van der Waals surface area contributed by atoms with Gasteiger partial charge in [0.05, 0.1) is 5.88 Å². The van der Waals surface area contributed by atoms with Gasteiger partial charge >= 0.3 is 23.8 Å². The van der Waals surface area contributed by atoms with Crippen LogP contribution in [0.1, 0.15) is 19.3 Å². The molecule has 0 aromatic heterocycles. The first-order valence-electron chi connectivity index (χ1n) is 6.58. The Bertz CT molecular complexity index is 482. The summed E-state index contributed by atoms with van der Waals surface area (Å²) in [6.45, 7) is 0.209. The van der Waals surface area contributed by atoms with Gasteiger partial charge in [-0.25, -0.2) is 9.59 Å². The molecule has 0 spiro atoms. The largest absolute Gasteiger partial charge is 0.480 e. The Hall–Kier alpha value is -1.77. The van der Waals surface area contributed by atoms with Crippen LogP contribution in [0.15, 0.2) is 0 Å². The van der Waals surface area contributed by atoms with Crippen molar-refractivity contribution >= 4 is 35.5 Å². The number of carbonyl (C=O) groups excluding carboxylic acids is 2. The normalized spacial score (nSPS) is 25.7. The van der Waals surface area contributed by atoms with Gasteiger partial charge in [-0.1, -0.05) is 0 Å². The predicted octanol–water partition coefficient (Wildman–Crippen LogP) is -0.562. The van der Waals surface area contributed by atoms with Crippen LogP contribution in [0.2, 0.25) is 0 Å². The minimum atomic E-state index is -1.16. The molecule has 2 atom stereocenters. The molecule has 0 aromatic rings. The molecule has 2 fully saturated rings. The van der Waals surface area contributed by atoms with E-state index in [4.69, 9.17) is 10.2 Å². The molecular weight excluding hydrogens is 300 g/mol. The van der Waals surface area contributed by atoms with Gasteiger partial charge in [0.25, 0.3) is 0 Å². The summed E-state index contributed by atoms with van der Waals surface area (Å²) >= 11 is 1.26. The zero-order valence-corrected chi connectivity index (χ0v) is 12.0. The summed E-state index contributed by atoms with van der Waals surface area (Å²) in [7, 11) is 0. The fraction of sp³-hybridized carbons (Fsp3) is 0.667. The quantitative estimate of drug-likeness (QED) is 0.656. The maximum atomic E-state index is 12.2. The molecule has 21 heavy (non-hydrogen) atoms. The van der Waals surface area contributed by atoms with Crippen LogP contribution in [0.5, 0.6) is 0 Å². The molecule has 116 valence electrons. The Kier molecular flexibility index (Phi) is 4.71. The van der Waals surface area contributed by atoms with Crippen molar-refractivity contribution in [1.82, 2.24) is 9.80 Å². The number of carbonyl (C=O) groups is 4. The first kappa shape index (κ1) is 15.6. The highest BCUT2D eigenvalue weighted by atomic mass is 32.2. The van der Waals surface area contributed by atoms with E-state index in [2.05, 4.69) is 0 Å². The number of rotatable bonds is 2. The van der Waals surface area contributed by atoms with Gasteiger partial charge in [-0.05, 0) is 19.3 Å². The molecule has 2 aliphatic heterocycles. The highest BCUT2D eigenvalue weighted by Gasteiger charge is 2.42. The SMILES string of the molecule is O=C(O)C1CSCN1C(=O)C(=O)N1CCCC[C@@H]1C(=O)O. The number of nitrogens with zero attached hydrogens (tertiary/aromatic N) is 2. The van der Waals surface area contributed by atoms with Crippen LogP contribution in [0.3, 0.4) is 0 Å². The summed E-state index contributed by atoms with van der Waals surface area (Å²) in [5.74, 6) is -3.78. The molecular formula is C12H16N2O6S. The number of carboxylic acid groups (broad SMARTS) is 2. The topological polar surface area (TPSA) is 115 Å². The van der Waals surface area contributed by atoms with E-state index in [0.29, 0.717) is 19.3 Å². The van der Waals surface area contributed by atoms with Gasteiger partial charge in [0.1, 0.15) is 12.1 Å². The third-order valence-electron chi connectivity index (χ3n) is 3.66. The molecule has 2 amide bonds. The Balaban J connectivity index is 2.12. The minimum Gasteiger partial charge on any atom is -0.480 e. The van der Waals surface area contributed by atoms with E-state index in [1.54, 1.807) is 0 Å². The summed E-state index contributed by atoms with van der Waals surface area (Å²) in [6, 6.07) is -2.03. The molecule has 2 saturated heterocycles. The maximum absolute atomic E-state index is 12.2. The summed E-state index contributed by atoms with van der Waals surface area (Å²) in [5, 5.41) is 18.2. The van der Waals surface area contributed by atoms with Crippen LogP contribution in [-0.4, -0.2) is 74.0 Å². The molecule has 0 aliphatic carbocycles. The fourth-order valence-corrected chi connectivity index (χ4v) is 3.67. The average molecular weight is 316 g/mol. The van der Waals surface area contributed by atoms with Crippen molar-refractivity contribution in [1.29, 1.82) is 0 Å². The van der Waals surface area contributed by atoms with Gasteiger partial charge in [-0.3, -0.25) is 9.59 Å². The van der Waals surface area contributed by atoms with Crippen LogP contribution in [-0.2, 0) is 19.2 Å². The zero-order chi connectivity index (χ0) is 15.6. The number of carboxylic acids is 2. The van der Waals surface area contributed by atoms with Gasteiger partial charge in [0.15, 0.2) is 0 Å². The molecule has 0 bridgehead atoms. The van der Waals surface area contributed by atoms with Crippen molar-refractivity contribution in [2.75, 3.05) is 18.2 Å². The molecule has 0 radical (unpaired) electrons. The van der Waals surface area contributed by atoms with Crippen molar-refractivity contribution in [3.05, 3.63) is 0 Å². The van der Waals surface area contributed by atoms with E-state index in [1.807, 2.05) is 0 Å². The van der Waals surface area contributed by atoms with Crippen molar-refractivity contribution in [2.45, 2.75) is 31.3 Å². The third-order valence-corrected chi connectivity index (χ3v) is 4.67. The van der Waals surface area contributed by atoms with Crippen molar-refractivity contribution in [3.8, 4) is 0 Å². The number of piperidine rings is 1. The maximum Gasteiger partial charge on any atom is 0.327 e. The van der Waals surface area contributed by atoms with Gasteiger partial charge in [0, 0.05) is 12.3 Å². The molecule has 2 rings (SSSR count). The highest BCUT2D eigenvalue weighted by Crippen LogP contribution is 2.23. The molecule has 0 aromatic carbocycles. The van der Waals surface area contributed by atoms with Gasteiger partial charge in [-0.15, -0.1) is 11.8 Å². The van der Waals surface area contributed by atoms with E-state index in [0.717, 1.165) is 9.80 Å². The molecule has 2 N–H and O–H groups in total. The molecule has 8 nitrogen and oxygen atoms in total. The summed E-state index contributed by atoms with van der Waals surface area (Å²) < 4.78 is 0. The van der Waals surface area contributed by atoms with E-state index in [-0.39, 0.29) is 18.2 Å². The Morgan fingerprint density at radius 3 is 2.14 bits per heavy atom. The fourth-order valence-electron chi connectivity index (χ4n) is 2.52. The number of hydrogen-bond donors (Lipinski definition) is 2. The molecule has 2 aliphatic rings. The molecule has 0 saturated carbocycles. The third kappa shape index (κ3) is 3.12. The van der Waals surface area contributed by atoms with E-state index >= 15 is 0 Å². The first-order chi connectivity index (χ1) is 9.93. The number of hydrogen-bond acceptors (Lipinski definition) is 5. The van der Waals surface area contributed by atoms with Crippen LogP contribution in [0.25, 0.3) is 0 Å². The van der Waals surface area contributed by atoms with Crippen LogP contribution < -0.4 is 0 Å². The average Bonchev–Trinajstić information content (AvgIpc) is 2.95. The molecule has 9 heteroatoms. The Morgan fingerprint density at radius 1 is 0.905 bits per heavy atom. The second-order valence-corrected chi connectivity index (χ2v) is 5.98. The molecule has 2 heterocycles. The highest BCUT2D eigenvalue weighted by molar-refractivity contribution is 7.99. The second kappa shape index (κ2) is 6.33. The van der Waals surface area contributed by atoms with Gasteiger partial charge < -0.3 is 20.0 Å². The minimum absolute atomic E-state index is 0.132. The lowest BCUT2D eigenvalue weighted by molar-refractivity contribution is -0.161. The lowest BCUT2D eigenvalue weighted by Crippen LogP contribution is -2.55. The number of thioether (sulfide) groups is 1.